The summed E-state index contributed by atoms with van der Waals surface area (Å²) in [4.78, 5) is 24.3. The van der Waals surface area contributed by atoms with E-state index in [0.717, 1.165) is 38.0 Å². The van der Waals surface area contributed by atoms with Gasteiger partial charge in [0.2, 0.25) is 0 Å². The number of ether oxygens (including phenoxy) is 1. The molecule has 4 bridgehead atoms. The fourth-order valence-electron chi connectivity index (χ4n) is 7.42. The van der Waals surface area contributed by atoms with Gasteiger partial charge in [-0.1, -0.05) is 13.8 Å². The largest absolute Gasteiger partial charge is 0.481 e. The monoisotopic (exact) mass is 332 g/mol. The van der Waals surface area contributed by atoms with Crippen LogP contribution in [0.5, 0.6) is 0 Å². The molecule has 5 fully saturated rings. The zero-order valence-electron chi connectivity index (χ0n) is 14.8. The van der Waals surface area contributed by atoms with Crippen LogP contribution in [0, 0.1) is 52.3 Å². The fourth-order valence-corrected chi connectivity index (χ4v) is 7.42. The van der Waals surface area contributed by atoms with Gasteiger partial charge in [-0.25, -0.2) is 0 Å². The van der Waals surface area contributed by atoms with E-state index in [2.05, 4.69) is 13.8 Å². The molecule has 4 heteroatoms. The first-order valence-corrected chi connectivity index (χ1v) is 9.67. The van der Waals surface area contributed by atoms with Crippen molar-refractivity contribution in [3.63, 3.8) is 0 Å². The molecule has 4 nitrogen and oxygen atoms in total. The van der Waals surface area contributed by atoms with E-state index in [-0.39, 0.29) is 28.8 Å². The van der Waals surface area contributed by atoms with Gasteiger partial charge in [0.25, 0.3) is 0 Å². The predicted molar refractivity (Wildman–Crippen MR) is 86.9 cm³/mol. The van der Waals surface area contributed by atoms with Crippen molar-refractivity contribution in [2.45, 2.75) is 59.0 Å². The van der Waals surface area contributed by atoms with E-state index in [4.69, 9.17) is 4.74 Å². The quantitative estimate of drug-likeness (QED) is 0.636. The first-order valence-electron chi connectivity index (χ1n) is 9.67. The van der Waals surface area contributed by atoms with Gasteiger partial charge in [0.15, 0.2) is 0 Å². The lowest BCUT2D eigenvalue weighted by atomic mass is 9.67. The van der Waals surface area contributed by atoms with Crippen LogP contribution in [-0.2, 0) is 14.3 Å². The average Bonchev–Trinajstić information content (AvgIpc) is 3.07. The van der Waals surface area contributed by atoms with Crippen LogP contribution in [0.15, 0.2) is 0 Å². The third kappa shape index (κ3) is 1.70. The van der Waals surface area contributed by atoms with Crippen LogP contribution in [0.4, 0.5) is 0 Å². The van der Waals surface area contributed by atoms with Crippen molar-refractivity contribution in [2.24, 2.45) is 52.3 Å². The van der Waals surface area contributed by atoms with Crippen molar-refractivity contribution in [3.8, 4) is 0 Å². The second kappa shape index (κ2) is 4.37. The summed E-state index contributed by atoms with van der Waals surface area (Å²) >= 11 is 0. The van der Waals surface area contributed by atoms with Gasteiger partial charge in [-0.15, -0.1) is 0 Å². The number of rotatable bonds is 3. The predicted octanol–water partition coefficient (Wildman–Crippen LogP) is 3.35. The standard InChI is InChI=1S/C20H28O4/c1-19(2)8-20(19,3)18(23)24-14-7-10-6-13(14)16-11-4-9(15(10)16)5-12(11)17(21)22/h9-16H,4-8H2,1-3H3,(H,21,22). The number of aliphatic carboxylic acids is 1. The fraction of sp³-hybridized carbons (Fsp3) is 0.900. The van der Waals surface area contributed by atoms with Crippen molar-refractivity contribution >= 4 is 11.9 Å². The van der Waals surface area contributed by atoms with Crippen LogP contribution in [0.1, 0.15) is 52.9 Å². The van der Waals surface area contributed by atoms with Crippen molar-refractivity contribution in [2.75, 3.05) is 0 Å². The molecule has 5 aliphatic rings. The maximum absolute atomic E-state index is 12.7. The molecule has 24 heavy (non-hydrogen) atoms. The van der Waals surface area contributed by atoms with Crippen LogP contribution in [-0.4, -0.2) is 23.1 Å². The van der Waals surface area contributed by atoms with Crippen LogP contribution in [0.3, 0.4) is 0 Å². The Kier molecular flexibility index (Phi) is 2.77. The molecule has 5 saturated carbocycles. The molecule has 0 aliphatic heterocycles. The van der Waals surface area contributed by atoms with Gasteiger partial charge in [-0.2, -0.15) is 0 Å². The number of carbonyl (C=O) groups is 2. The van der Waals surface area contributed by atoms with E-state index in [1.165, 1.54) is 0 Å². The summed E-state index contributed by atoms with van der Waals surface area (Å²) in [6.07, 6.45) is 5.14. The van der Waals surface area contributed by atoms with Crippen molar-refractivity contribution in [3.05, 3.63) is 0 Å². The van der Waals surface area contributed by atoms with Crippen LogP contribution >= 0.6 is 0 Å². The molecule has 0 spiro atoms. The first kappa shape index (κ1) is 15.2. The van der Waals surface area contributed by atoms with Crippen LogP contribution in [0.25, 0.3) is 0 Å². The molecule has 0 aromatic rings. The van der Waals surface area contributed by atoms with Crippen molar-refractivity contribution in [1.29, 1.82) is 0 Å². The summed E-state index contributed by atoms with van der Waals surface area (Å²) in [7, 11) is 0. The highest BCUT2D eigenvalue weighted by Crippen LogP contribution is 2.70. The number of carbonyl (C=O) groups excluding carboxylic acids is 1. The molecule has 0 aromatic carbocycles. The van der Waals surface area contributed by atoms with Gasteiger partial charge in [-0.3, -0.25) is 9.59 Å². The Morgan fingerprint density at radius 3 is 2.21 bits per heavy atom. The zero-order valence-corrected chi connectivity index (χ0v) is 14.8. The molecule has 0 aromatic heterocycles. The lowest BCUT2D eigenvalue weighted by molar-refractivity contribution is -0.163. The highest BCUT2D eigenvalue weighted by Gasteiger charge is 2.68. The molecule has 0 amide bonds. The Hall–Kier alpha value is -1.06. The summed E-state index contributed by atoms with van der Waals surface area (Å²) in [6, 6.07) is 0. The number of carboxylic acid groups (broad SMARTS) is 1. The van der Waals surface area contributed by atoms with Gasteiger partial charge in [0.05, 0.1) is 11.3 Å². The topological polar surface area (TPSA) is 63.6 Å². The second-order valence-corrected chi connectivity index (χ2v) is 10.2. The molecular weight excluding hydrogens is 304 g/mol. The highest BCUT2D eigenvalue weighted by atomic mass is 16.5. The van der Waals surface area contributed by atoms with Gasteiger partial charge in [0.1, 0.15) is 6.10 Å². The normalized spacial score (nSPS) is 55.5. The van der Waals surface area contributed by atoms with Crippen molar-refractivity contribution in [1.82, 2.24) is 0 Å². The number of fused-ring (bicyclic) bond motifs is 9. The summed E-state index contributed by atoms with van der Waals surface area (Å²) in [6.45, 7) is 6.31. The number of hydrogen-bond acceptors (Lipinski definition) is 3. The number of carboxylic acids is 1. The Morgan fingerprint density at radius 1 is 0.958 bits per heavy atom. The average molecular weight is 332 g/mol. The molecule has 5 aliphatic carbocycles. The van der Waals surface area contributed by atoms with E-state index in [9.17, 15) is 14.7 Å². The molecule has 9 unspecified atom stereocenters. The molecule has 0 saturated heterocycles. The molecule has 9 atom stereocenters. The summed E-state index contributed by atoms with van der Waals surface area (Å²) < 4.78 is 6.03. The minimum absolute atomic E-state index is 0.0143. The first-order chi connectivity index (χ1) is 11.2. The lowest BCUT2D eigenvalue weighted by Gasteiger charge is -2.40. The second-order valence-electron chi connectivity index (χ2n) is 10.2. The molecule has 0 heterocycles. The molecular formula is C20H28O4. The van der Waals surface area contributed by atoms with E-state index in [1.54, 1.807) is 0 Å². The molecule has 0 radical (unpaired) electrons. The summed E-state index contributed by atoms with van der Waals surface area (Å²) in [5, 5.41) is 9.52. The maximum atomic E-state index is 12.7. The zero-order chi connectivity index (χ0) is 17.0. The molecule has 5 rings (SSSR count). The molecule has 1 N–H and O–H groups in total. The number of hydrogen-bond donors (Lipinski definition) is 1. The third-order valence-corrected chi connectivity index (χ3v) is 8.95. The van der Waals surface area contributed by atoms with Gasteiger partial charge in [-0.05, 0) is 80.0 Å². The van der Waals surface area contributed by atoms with Crippen LogP contribution < -0.4 is 0 Å². The molecule has 132 valence electrons. The summed E-state index contributed by atoms with van der Waals surface area (Å²) in [5.74, 6) is 2.50. The van der Waals surface area contributed by atoms with E-state index >= 15 is 0 Å². The Bertz CT molecular complexity index is 625. The SMILES string of the molecule is CC1(C)CC1(C)C(=O)OC1CC2CC1C1C3CC(CC3C(=O)O)C21. The van der Waals surface area contributed by atoms with Crippen molar-refractivity contribution < 1.29 is 19.4 Å². The van der Waals surface area contributed by atoms with Gasteiger partial charge < -0.3 is 9.84 Å². The van der Waals surface area contributed by atoms with Crippen LogP contribution in [0.2, 0.25) is 0 Å². The number of esters is 1. The third-order valence-electron chi connectivity index (χ3n) is 8.95. The Morgan fingerprint density at radius 2 is 1.58 bits per heavy atom. The lowest BCUT2D eigenvalue weighted by Crippen LogP contribution is -2.42. The van der Waals surface area contributed by atoms with E-state index in [0.29, 0.717) is 29.6 Å². The Balaban J connectivity index is 1.33. The van der Waals surface area contributed by atoms with Gasteiger partial charge >= 0.3 is 11.9 Å². The maximum Gasteiger partial charge on any atom is 0.312 e. The minimum Gasteiger partial charge on any atom is -0.481 e. The highest BCUT2D eigenvalue weighted by molar-refractivity contribution is 5.81. The summed E-state index contributed by atoms with van der Waals surface area (Å²) in [5.41, 5.74) is -0.252. The van der Waals surface area contributed by atoms with Gasteiger partial charge in [0, 0.05) is 0 Å². The van der Waals surface area contributed by atoms with E-state index < -0.39 is 5.97 Å². The Labute approximate surface area is 143 Å². The minimum atomic E-state index is -0.607. The van der Waals surface area contributed by atoms with E-state index in [1.807, 2.05) is 6.92 Å². The smallest absolute Gasteiger partial charge is 0.312 e.